The predicted octanol–water partition coefficient (Wildman–Crippen LogP) is 3.49. The van der Waals surface area contributed by atoms with Crippen molar-refractivity contribution >= 4 is 33.4 Å². The number of sulfonamides is 1. The second-order valence-electron chi connectivity index (χ2n) is 6.75. The molecule has 8 heteroatoms. The molecule has 2 rings (SSSR count). The van der Waals surface area contributed by atoms with Gasteiger partial charge >= 0.3 is 0 Å². The first kappa shape index (κ1) is 22.4. The summed E-state index contributed by atoms with van der Waals surface area (Å²) >= 11 is 1.65. The van der Waals surface area contributed by atoms with Crippen LogP contribution in [0.15, 0.2) is 41.0 Å². The third kappa shape index (κ3) is 6.31. The SMILES string of the molecule is CC[C@@H](C(=O)NCCSCc1ccco1)N(c1cc(C)cc(C)c1)S(C)(=O)=O. The van der Waals surface area contributed by atoms with Gasteiger partial charge in [-0.25, -0.2) is 8.42 Å². The number of carbonyl (C=O) groups is 1. The van der Waals surface area contributed by atoms with Gasteiger partial charge in [-0.05, 0) is 55.7 Å². The van der Waals surface area contributed by atoms with Crippen molar-refractivity contribution in [3.63, 3.8) is 0 Å². The third-order valence-corrected chi connectivity index (χ3v) is 6.32. The molecule has 1 atom stereocenters. The van der Waals surface area contributed by atoms with E-state index in [0.717, 1.165) is 28.9 Å². The Hall–Kier alpha value is -1.93. The first-order valence-electron chi connectivity index (χ1n) is 9.18. The van der Waals surface area contributed by atoms with Gasteiger partial charge in [0.1, 0.15) is 11.8 Å². The van der Waals surface area contributed by atoms with Crippen molar-refractivity contribution in [2.75, 3.05) is 22.9 Å². The van der Waals surface area contributed by atoms with E-state index in [1.807, 2.05) is 39.0 Å². The summed E-state index contributed by atoms with van der Waals surface area (Å²) in [5, 5.41) is 2.87. The van der Waals surface area contributed by atoms with Crippen LogP contribution in [0.2, 0.25) is 0 Å². The highest BCUT2D eigenvalue weighted by atomic mass is 32.2. The highest BCUT2D eigenvalue weighted by Crippen LogP contribution is 2.25. The van der Waals surface area contributed by atoms with Crippen molar-refractivity contribution in [2.45, 2.75) is 39.0 Å². The Kier molecular flexibility index (Phi) is 8.00. The minimum Gasteiger partial charge on any atom is -0.468 e. The number of nitrogens with one attached hydrogen (secondary N) is 1. The van der Waals surface area contributed by atoms with E-state index < -0.39 is 16.1 Å². The summed E-state index contributed by atoms with van der Waals surface area (Å²) in [4.78, 5) is 12.8. The minimum atomic E-state index is -3.62. The Bertz CT molecular complexity index is 859. The van der Waals surface area contributed by atoms with Crippen LogP contribution in [-0.4, -0.2) is 38.9 Å². The molecule has 6 nitrogen and oxygen atoms in total. The zero-order valence-electron chi connectivity index (χ0n) is 16.8. The molecule has 0 bridgehead atoms. The molecular formula is C20H28N2O4S2. The fourth-order valence-electron chi connectivity index (χ4n) is 3.07. The van der Waals surface area contributed by atoms with Gasteiger partial charge < -0.3 is 9.73 Å². The quantitative estimate of drug-likeness (QED) is 0.591. The Labute approximate surface area is 171 Å². The number of furan rings is 1. The Morgan fingerprint density at radius 1 is 1.25 bits per heavy atom. The van der Waals surface area contributed by atoms with Crippen LogP contribution in [0, 0.1) is 13.8 Å². The number of thioether (sulfide) groups is 1. The molecule has 28 heavy (non-hydrogen) atoms. The molecule has 0 fully saturated rings. The molecule has 0 spiro atoms. The molecule has 1 aromatic heterocycles. The number of anilines is 1. The molecular weight excluding hydrogens is 396 g/mol. The molecule has 1 N–H and O–H groups in total. The van der Waals surface area contributed by atoms with Crippen LogP contribution >= 0.6 is 11.8 Å². The summed E-state index contributed by atoms with van der Waals surface area (Å²) in [6.45, 7) is 6.10. The average Bonchev–Trinajstić information content (AvgIpc) is 3.10. The number of amides is 1. The minimum absolute atomic E-state index is 0.286. The first-order valence-corrected chi connectivity index (χ1v) is 12.2. The molecule has 0 saturated heterocycles. The summed E-state index contributed by atoms with van der Waals surface area (Å²) in [6, 6.07) is 8.53. The molecule has 0 unspecified atom stereocenters. The van der Waals surface area contributed by atoms with Gasteiger partial charge in [-0.3, -0.25) is 9.10 Å². The van der Waals surface area contributed by atoms with Crippen LogP contribution in [0.3, 0.4) is 0 Å². The molecule has 0 aliphatic rings. The molecule has 1 aromatic carbocycles. The zero-order chi connectivity index (χ0) is 20.7. The largest absolute Gasteiger partial charge is 0.468 e. The van der Waals surface area contributed by atoms with Gasteiger partial charge in [-0.15, -0.1) is 0 Å². The maximum atomic E-state index is 12.8. The van der Waals surface area contributed by atoms with Crippen LogP contribution in [-0.2, 0) is 20.6 Å². The summed E-state index contributed by atoms with van der Waals surface area (Å²) < 4.78 is 31.5. The van der Waals surface area contributed by atoms with Gasteiger partial charge in [0, 0.05) is 12.3 Å². The summed E-state index contributed by atoms with van der Waals surface area (Å²) in [7, 11) is -3.62. The standard InChI is InChI=1S/C20H28N2O4S2/c1-5-19(20(23)21-8-10-27-14-18-7-6-9-26-18)22(28(4,24)25)17-12-15(2)11-16(3)13-17/h6-7,9,11-13,19H,5,8,10,14H2,1-4H3,(H,21,23)/t19-/m0/s1. The smallest absolute Gasteiger partial charge is 0.243 e. The number of aryl methyl sites for hydroxylation is 2. The van der Waals surface area contributed by atoms with Gasteiger partial charge in [-0.2, -0.15) is 11.8 Å². The van der Waals surface area contributed by atoms with Gasteiger partial charge in [0.2, 0.25) is 15.9 Å². The second kappa shape index (κ2) is 10.0. The molecule has 1 heterocycles. The van der Waals surface area contributed by atoms with Crippen LogP contribution in [0.5, 0.6) is 0 Å². The van der Waals surface area contributed by atoms with Crippen molar-refractivity contribution in [3.05, 3.63) is 53.5 Å². The maximum absolute atomic E-state index is 12.8. The number of nitrogens with zero attached hydrogens (tertiary/aromatic N) is 1. The number of rotatable bonds is 10. The topological polar surface area (TPSA) is 79.6 Å². The molecule has 0 aliphatic heterocycles. The highest BCUT2D eigenvalue weighted by molar-refractivity contribution is 7.98. The number of benzene rings is 1. The predicted molar refractivity (Wildman–Crippen MR) is 115 cm³/mol. The third-order valence-electron chi connectivity index (χ3n) is 4.16. The molecule has 2 aromatic rings. The monoisotopic (exact) mass is 424 g/mol. The molecule has 0 saturated carbocycles. The highest BCUT2D eigenvalue weighted by Gasteiger charge is 2.31. The van der Waals surface area contributed by atoms with Crippen LogP contribution in [0.25, 0.3) is 0 Å². The van der Waals surface area contributed by atoms with E-state index in [9.17, 15) is 13.2 Å². The molecule has 1 amide bonds. The van der Waals surface area contributed by atoms with Crippen molar-refractivity contribution in [1.29, 1.82) is 0 Å². The van der Waals surface area contributed by atoms with Gasteiger partial charge in [0.15, 0.2) is 0 Å². The zero-order valence-corrected chi connectivity index (χ0v) is 18.4. The van der Waals surface area contributed by atoms with Crippen molar-refractivity contribution < 1.29 is 17.6 Å². The van der Waals surface area contributed by atoms with Crippen molar-refractivity contribution in [2.24, 2.45) is 0 Å². The van der Waals surface area contributed by atoms with E-state index in [1.165, 1.54) is 4.31 Å². The van der Waals surface area contributed by atoms with E-state index in [0.29, 0.717) is 24.4 Å². The molecule has 154 valence electrons. The van der Waals surface area contributed by atoms with Crippen LogP contribution < -0.4 is 9.62 Å². The molecule has 0 aliphatic carbocycles. The Morgan fingerprint density at radius 3 is 2.46 bits per heavy atom. The van der Waals surface area contributed by atoms with Gasteiger partial charge in [0.25, 0.3) is 0 Å². The number of hydrogen-bond donors (Lipinski definition) is 1. The normalized spacial score (nSPS) is 12.6. The van der Waals surface area contributed by atoms with E-state index >= 15 is 0 Å². The lowest BCUT2D eigenvalue weighted by Gasteiger charge is -2.30. The van der Waals surface area contributed by atoms with E-state index in [4.69, 9.17) is 4.42 Å². The number of carbonyl (C=O) groups excluding carboxylic acids is 1. The first-order chi connectivity index (χ1) is 13.2. The molecule has 0 radical (unpaired) electrons. The fraction of sp³-hybridized carbons (Fsp3) is 0.450. The lowest BCUT2D eigenvalue weighted by molar-refractivity contribution is -0.122. The van der Waals surface area contributed by atoms with E-state index in [-0.39, 0.29) is 5.91 Å². The van der Waals surface area contributed by atoms with Crippen molar-refractivity contribution in [1.82, 2.24) is 5.32 Å². The summed E-state index contributed by atoms with van der Waals surface area (Å²) in [6.07, 6.45) is 3.15. The maximum Gasteiger partial charge on any atom is 0.243 e. The Balaban J connectivity index is 2.04. The lowest BCUT2D eigenvalue weighted by Crippen LogP contribution is -2.49. The summed E-state index contributed by atoms with van der Waals surface area (Å²) in [5.74, 6) is 2.05. The lowest BCUT2D eigenvalue weighted by atomic mass is 10.1. The summed E-state index contributed by atoms with van der Waals surface area (Å²) in [5.41, 5.74) is 2.43. The van der Waals surface area contributed by atoms with Crippen LogP contribution in [0.1, 0.15) is 30.2 Å². The van der Waals surface area contributed by atoms with E-state index in [1.54, 1.807) is 30.2 Å². The van der Waals surface area contributed by atoms with Gasteiger partial charge in [0.05, 0.1) is 24.0 Å². The van der Waals surface area contributed by atoms with E-state index in [2.05, 4.69) is 5.32 Å². The Morgan fingerprint density at radius 2 is 1.93 bits per heavy atom. The number of hydrogen-bond acceptors (Lipinski definition) is 5. The van der Waals surface area contributed by atoms with Crippen LogP contribution in [0.4, 0.5) is 5.69 Å². The van der Waals surface area contributed by atoms with Crippen molar-refractivity contribution in [3.8, 4) is 0 Å². The van der Waals surface area contributed by atoms with Gasteiger partial charge in [-0.1, -0.05) is 13.0 Å². The second-order valence-corrected chi connectivity index (χ2v) is 9.72. The average molecular weight is 425 g/mol. The fourth-order valence-corrected chi connectivity index (χ4v) is 5.02.